The van der Waals surface area contributed by atoms with Crippen molar-refractivity contribution in [2.75, 3.05) is 19.0 Å². The molecule has 1 aromatic carbocycles. The van der Waals surface area contributed by atoms with Crippen molar-refractivity contribution in [1.82, 2.24) is 5.32 Å². The largest absolute Gasteiger partial charge is 0.488 e. The SMILES string of the molecule is CNC1COc2ccccc2N1. The number of benzene rings is 1. The smallest absolute Gasteiger partial charge is 0.142 e. The van der Waals surface area contributed by atoms with Gasteiger partial charge in [-0.15, -0.1) is 0 Å². The number of rotatable bonds is 1. The molecule has 0 saturated heterocycles. The van der Waals surface area contributed by atoms with Crippen LogP contribution in [0.4, 0.5) is 5.69 Å². The standard InChI is InChI=1S/C9H12N2O/c1-10-9-6-12-8-5-3-2-4-7(8)11-9/h2-5,9-11H,6H2,1H3. The van der Waals surface area contributed by atoms with E-state index < -0.39 is 0 Å². The summed E-state index contributed by atoms with van der Waals surface area (Å²) < 4.78 is 5.50. The van der Waals surface area contributed by atoms with Crippen LogP contribution in [0, 0.1) is 0 Å². The van der Waals surface area contributed by atoms with Gasteiger partial charge in [0.2, 0.25) is 0 Å². The van der Waals surface area contributed by atoms with Crippen molar-refractivity contribution in [3.05, 3.63) is 24.3 Å². The van der Waals surface area contributed by atoms with Gasteiger partial charge < -0.3 is 10.1 Å². The van der Waals surface area contributed by atoms with Gasteiger partial charge in [0.05, 0.1) is 5.69 Å². The third-order valence-electron chi connectivity index (χ3n) is 1.97. The highest BCUT2D eigenvalue weighted by atomic mass is 16.5. The Labute approximate surface area is 71.7 Å². The molecule has 1 aliphatic rings. The zero-order valence-corrected chi connectivity index (χ0v) is 7.00. The normalized spacial score (nSPS) is 20.6. The van der Waals surface area contributed by atoms with E-state index in [1.165, 1.54) is 0 Å². The number of hydrogen-bond acceptors (Lipinski definition) is 3. The van der Waals surface area contributed by atoms with Crippen molar-refractivity contribution in [3.63, 3.8) is 0 Å². The molecule has 1 aromatic rings. The molecule has 0 bridgehead atoms. The Hall–Kier alpha value is -1.22. The lowest BCUT2D eigenvalue weighted by molar-refractivity contribution is 0.271. The number of ether oxygens (including phenoxy) is 1. The molecule has 0 saturated carbocycles. The summed E-state index contributed by atoms with van der Waals surface area (Å²) in [7, 11) is 1.91. The Morgan fingerprint density at radius 1 is 1.50 bits per heavy atom. The molecule has 1 unspecified atom stereocenters. The minimum atomic E-state index is 0.222. The second kappa shape index (κ2) is 3.03. The molecule has 0 aromatic heterocycles. The summed E-state index contributed by atoms with van der Waals surface area (Å²) in [6.07, 6.45) is 0.222. The van der Waals surface area contributed by atoms with E-state index in [1.54, 1.807) is 0 Å². The number of anilines is 1. The maximum Gasteiger partial charge on any atom is 0.142 e. The molecular formula is C9H12N2O. The first-order valence-electron chi connectivity index (χ1n) is 4.06. The number of likely N-dealkylation sites (N-methyl/N-ethyl adjacent to an activating group) is 1. The topological polar surface area (TPSA) is 33.3 Å². The maximum atomic E-state index is 5.50. The van der Waals surface area contributed by atoms with Crippen molar-refractivity contribution in [3.8, 4) is 5.75 Å². The number of hydrogen-bond donors (Lipinski definition) is 2. The molecule has 3 nitrogen and oxygen atoms in total. The number of para-hydroxylation sites is 2. The summed E-state index contributed by atoms with van der Waals surface area (Å²) in [5.41, 5.74) is 1.06. The zero-order valence-electron chi connectivity index (χ0n) is 7.00. The Kier molecular flexibility index (Phi) is 1.87. The minimum Gasteiger partial charge on any atom is -0.488 e. The van der Waals surface area contributed by atoms with E-state index in [1.807, 2.05) is 31.3 Å². The van der Waals surface area contributed by atoms with Crippen molar-refractivity contribution in [2.24, 2.45) is 0 Å². The predicted octanol–water partition coefficient (Wildman–Crippen LogP) is 1.04. The van der Waals surface area contributed by atoms with Crippen LogP contribution < -0.4 is 15.4 Å². The highest BCUT2D eigenvalue weighted by Crippen LogP contribution is 2.26. The highest BCUT2D eigenvalue weighted by molar-refractivity contribution is 5.57. The van der Waals surface area contributed by atoms with E-state index in [2.05, 4.69) is 10.6 Å². The fourth-order valence-electron chi connectivity index (χ4n) is 1.27. The van der Waals surface area contributed by atoms with E-state index in [0.717, 1.165) is 11.4 Å². The van der Waals surface area contributed by atoms with Crippen LogP contribution in [0.3, 0.4) is 0 Å². The van der Waals surface area contributed by atoms with Gasteiger partial charge in [0.25, 0.3) is 0 Å². The molecule has 1 atom stereocenters. The molecule has 0 fully saturated rings. The highest BCUT2D eigenvalue weighted by Gasteiger charge is 2.15. The van der Waals surface area contributed by atoms with Crippen molar-refractivity contribution >= 4 is 5.69 Å². The Bertz CT molecular complexity index is 275. The quantitative estimate of drug-likeness (QED) is 0.650. The number of fused-ring (bicyclic) bond motifs is 1. The fourth-order valence-corrected chi connectivity index (χ4v) is 1.27. The van der Waals surface area contributed by atoms with Gasteiger partial charge in [0.1, 0.15) is 18.5 Å². The van der Waals surface area contributed by atoms with Gasteiger partial charge in [-0.2, -0.15) is 0 Å². The van der Waals surface area contributed by atoms with Crippen molar-refractivity contribution < 1.29 is 4.74 Å². The van der Waals surface area contributed by atoms with Crippen LogP contribution in [0.15, 0.2) is 24.3 Å². The average molecular weight is 164 g/mol. The Morgan fingerprint density at radius 2 is 2.33 bits per heavy atom. The molecule has 1 aliphatic heterocycles. The van der Waals surface area contributed by atoms with Gasteiger partial charge in [-0.1, -0.05) is 12.1 Å². The van der Waals surface area contributed by atoms with Gasteiger partial charge in [-0.25, -0.2) is 0 Å². The van der Waals surface area contributed by atoms with Crippen LogP contribution in [0.1, 0.15) is 0 Å². The van der Waals surface area contributed by atoms with E-state index >= 15 is 0 Å². The molecule has 3 heteroatoms. The van der Waals surface area contributed by atoms with E-state index in [0.29, 0.717) is 6.61 Å². The summed E-state index contributed by atoms with van der Waals surface area (Å²) in [4.78, 5) is 0. The summed E-state index contributed by atoms with van der Waals surface area (Å²) in [6.45, 7) is 0.674. The van der Waals surface area contributed by atoms with Crippen molar-refractivity contribution in [2.45, 2.75) is 6.17 Å². The summed E-state index contributed by atoms with van der Waals surface area (Å²) in [5, 5.41) is 6.42. The monoisotopic (exact) mass is 164 g/mol. The summed E-state index contributed by atoms with van der Waals surface area (Å²) in [6, 6.07) is 7.94. The average Bonchev–Trinajstić information content (AvgIpc) is 2.17. The Balaban J connectivity index is 2.23. The summed E-state index contributed by atoms with van der Waals surface area (Å²) in [5.74, 6) is 0.934. The zero-order chi connectivity index (χ0) is 8.39. The molecule has 0 aliphatic carbocycles. The first-order valence-corrected chi connectivity index (χ1v) is 4.06. The molecule has 2 rings (SSSR count). The second-order valence-corrected chi connectivity index (χ2v) is 2.79. The lowest BCUT2D eigenvalue weighted by Crippen LogP contribution is -2.41. The first kappa shape index (κ1) is 7.43. The van der Waals surface area contributed by atoms with Gasteiger partial charge in [-0.05, 0) is 19.2 Å². The molecule has 2 N–H and O–H groups in total. The molecular weight excluding hydrogens is 152 g/mol. The van der Waals surface area contributed by atoms with Crippen LogP contribution in [0.5, 0.6) is 5.75 Å². The van der Waals surface area contributed by atoms with Gasteiger partial charge in [0.15, 0.2) is 0 Å². The van der Waals surface area contributed by atoms with Crippen LogP contribution in [-0.2, 0) is 0 Å². The number of nitrogens with one attached hydrogen (secondary N) is 2. The van der Waals surface area contributed by atoms with Crippen LogP contribution in [0.25, 0.3) is 0 Å². The minimum absolute atomic E-state index is 0.222. The predicted molar refractivity (Wildman–Crippen MR) is 48.4 cm³/mol. The molecule has 64 valence electrons. The van der Waals surface area contributed by atoms with Gasteiger partial charge in [0, 0.05) is 0 Å². The molecule has 0 radical (unpaired) electrons. The Morgan fingerprint density at radius 3 is 3.17 bits per heavy atom. The fraction of sp³-hybridized carbons (Fsp3) is 0.333. The third kappa shape index (κ3) is 1.23. The third-order valence-corrected chi connectivity index (χ3v) is 1.97. The lowest BCUT2D eigenvalue weighted by atomic mass is 10.2. The first-order chi connectivity index (χ1) is 5.90. The summed E-state index contributed by atoms with van der Waals surface area (Å²) >= 11 is 0. The molecule has 0 amide bonds. The molecule has 0 spiro atoms. The molecule has 12 heavy (non-hydrogen) atoms. The second-order valence-electron chi connectivity index (χ2n) is 2.79. The van der Waals surface area contributed by atoms with E-state index in [-0.39, 0.29) is 6.17 Å². The van der Waals surface area contributed by atoms with Crippen molar-refractivity contribution in [1.29, 1.82) is 0 Å². The van der Waals surface area contributed by atoms with Crippen LogP contribution in [0.2, 0.25) is 0 Å². The van der Waals surface area contributed by atoms with Crippen LogP contribution in [-0.4, -0.2) is 19.8 Å². The van der Waals surface area contributed by atoms with Gasteiger partial charge in [-0.3, -0.25) is 5.32 Å². The molecule has 1 heterocycles. The van der Waals surface area contributed by atoms with Gasteiger partial charge >= 0.3 is 0 Å². The lowest BCUT2D eigenvalue weighted by Gasteiger charge is -2.26. The van der Waals surface area contributed by atoms with E-state index in [4.69, 9.17) is 4.74 Å². The van der Waals surface area contributed by atoms with E-state index in [9.17, 15) is 0 Å². The van der Waals surface area contributed by atoms with Crippen LogP contribution >= 0.6 is 0 Å². The maximum absolute atomic E-state index is 5.50.